The normalized spacial score (nSPS) is 11.0. The molecule has 1 aromatic heterocycles. The van der Waals surface area contributed by atoms with Crippen molar-refractivity contribution in [2.45, 2.75) is 40.7 Å². The first kappa shape index (κ1) is 14.0. The molecule has 2 rings (SSSR count). The smallest absolute Gasteiger partial charge is 0.205 e. The number of hydrogen-bond acceptors (Lipinski definition) is 4. The van der Waals surface area contributed by atoms with Gasteiger partial charge in [-0.15, -0.1) is 10.2 Å². The molecule has 0 fully saturated rings. The van der Waals surface area contributed by atoms with Crippen LogP contribution in [0.1, 0.15) is 35.5 Å². The molecule has 0 radical (unpaired) electrons. The largest absolute Gasteiger partial charge is 0.356 e. The summed E-state index contributed by atoms with van der Waals surface area (Å²) in [6.45, 7) is 9.51. The molecule has 4 heteroatoms. The summed E-state index contributed by atoms with van der Waals surface area (Å²) in [6, 6.07) is 6.40. The van der Waals surface area contributed by atoms with Gasteiger partial charge in [-0.3, -0.25) is 0 Å². The minimum atomic E-state index is 0.625. The van der Waals surface area contributed by atoms with E-state index in [4.69, 9.17) is 0 Å². The molecule has 0 atom stereocenters. The fourth-order valence-electron chi connectivity index (χ4n) is 1.93. The van der Waals surface area contributed by atoms with E-state index in [9.17, 15) is 0 Å². The highest BCUT2D eigenvalue weighted by atomic mass is 32.1. The second-order valence-corrected chi connectivity index (χ2v) is 6.37. The van der Waals surface area contributed by atoms with Gasteiger partial charge in [0.2, 0.25) is 5.13 Å². The quantitative estimate of drug-likeness (QED) is 0.897. The Morgan fingerprint density at radius 2 is 2.00 bits per heavy atom. The van der Waals surface area contributed by atoms with E-state index in [2.05, 4.69) is 61.4 Å². The van der Waals surface area contributed by atoms with Gasteiger partial charge in [0.05, 0.1) is 0 Å². The number of nitrogens with one attached hydrogen (secondary N) is 1. The van der Waals surface area contributed by atoms with Crippen LogP contribution in [0.15, 0.2) is 18.2 Å². The number of hydrogen-bond donors (Lipinski definition) is 1. The van der Waals surface area contributed by atoms with Crippen molar-refractivity contribution in [3.8, 4) is 0 Å². The molecule has 19 heavy (non-hydrogen) atoms. The molecule has 0 saturated carbocycles. The van der Waals surface area contributed by atoms with Crippen LogP contribution in [0.5, 0.6) is 0 Å². The van der Waals surface area contributed by atoms with Crippen molar-refractivity contribution in [1.82, 2.24) is 10.2 Å². The van der Waals surface area contributed by atoms with Crippen LogP contribution in [0.2, 0.25) is 0 Å². The van der Waals surface area contributed by atoms with Crippen LogP contribution in [0.25, 0.3) is 0 Å². The monoisotopic (exact) mass is 275 g/mol. The van der Waals surface area contributed by atoms with E-state index in [0.29, 0.717) is 5.92 Å². The van der Waals surface area contributed by atoms with E-state index in [0.717, 1.165) is 23.1 Å². The van der Waals surface area contributed by atoms with Crippen LogP contribution in [0.4, 0.5) is 5.13 Å². The van der Waals surface area contributed by atoms with Crippen molar-refractivity contribution < 1.29 is 0 Å². The molecule has 0 aliphatic rings. The number of anilines is 1. The Morgan fingerprint density at radius 3 is 2.74 bits per heavy atom. The van der Waals surface area contributed by atoms with Gasteiger partial charge in [0.1, 0.15) is 5.01 Å². The summed E-state index contributed by atoms with van der Waals surface area (Å²) in [4.78, 5) is 0. The molecule has 0 unspecified atom stereocenters. The summed E-state index contributed by atoms with van der Waals surface area (Å²) in [7, 11) is 0. The molecule has 102 valence electrons. The zero-order chi connectivity index (χ0) is 13.8. The third-order valence-corrected chi connectivity index (χ3v) is 4.10. The van der Waals surface area contributed by atoms with Gasteiger partial charge in [-0.25, -0.2) is 0 Å². The standard InChI is InChI=1S/C15H21N3S/c1-10(2)8-14-17-18-15(19-14)16-9-13-7-5-6-11(3)12(13)4/h5-7,10H,8-9H2,1-4H3,(H,16,18). The third kappa shape index (κ3) is 3.77. The van der Waals surface area contributed by atoms with E-state index >= 15 is 0 Å². The Morgan fingerprint density at radius 1 is 1.21 bits per heavy atom. The van der Waals surface area contributed by atoms with E-state index in [1.54, 1.807) is 11.3 Å². The number of aryl methyl sites for hydroxylation is 1. The topological polar surface area (TPSA) is 37.8 Å². The fraction of sp³-hybridized carbons (Fsp3) is 0.467. The van der Waals surface area contributed by atoms with Crippen LogP contribution >= 0.6 is 11.3 Å². The molecule has 0 bridgehead atoms. The van der Waals surface area contributed by atoms with Gasteiger partial charge in [-0.05, 0) is 36.5 Å². The molecule has 3 nitrogen and oxygen atoms in total. The number of rotatable bonds is 5. The molecule has 1 heterocycles. The van der Waals surface area contributed by atoms with E-state index in [1.165, 1.54) is 16.7 Å². The molecule has 2 aromatic rings. The van der Waals surface area contributed by atoms with E-state index in [1.807, 2.05) is 0 Å². The lowest BCUT2D eigenvalue weighted by molar-refractivity contribution is 0.640. The average Bonchev–Trinajstić information content (AvgIpc) is 2.78. The van der Waals surface area contributed by atoms with Gasteiger partial charge in [-0.2, -0.15) is 0 Å². The van der Waals surface area contributed by atoms with E-state index < -0.39 is 0 Å². The minimum Gasteiger partial charge on any atom is -0.356 e. The zero-order valence-corrected chi connectivity index (χ0v) is 12.8. The molecule has 0 spiro atoms. The summed E-state index contributed by atoms with van der Waals surface area (Å²) in [5.41, 5.74) is 4.00. The van der Waals surface area contributed by atoms with Crippen molar-refractivity contribution in [3.05, 3.63) is 39.9 Å². The lowest BCUT2D eigenvalue weighted by Gasteiger charge is -2.08. The SMILES string of the molecule is Cc1cccc(CNc2nnc(CC(C)C)s2)c1C. The van der Waals surface area contributed by atoms with Gasteiger partial charge >= 0.3 is 0 Å². The first-order valence-corrected chi connectivity index (χ1v) is 7.49. The maximum atomic E-state index is 4.21. The highest BCUT2D eigenvalue weighted by Gasteiger charge is 2.07. The molecule has 0 aliphatic carbocycles. The van der Waals surface area contributed by atoms with Gasteiger partial charge in [0.25, 0.3) is 0 Å². The molecule has 1 N–H and O–H groups in total. The maximum Gasteiger partial charge on any atom is 0.205 e. The van der Waals surface area contributed by atoms with Crippen LogP contribution in [0.3, 0.4) is 0 Å². The van der Waals surface area contributed by atoms with Gasteiger partial charge in [0, 0.05) is 13.0 Å². The first-order valence-electron chi connectivity index (χ1n) is 6.67. The predicted molar refractivity (Wildman–Crippen MR) is 81.7 cm³/mol. The van der Waals surface area contributed by atoms with Crippen molar-refractivity contribution in [2.24, 2.45) is 5.92 Å². The van der Waals surface area contributed by atoms with Crippen LogP contribution in [-0.2, 0) is 13.0 Å². The Kier molecular flexibility index (Phi) is 4.53. The summed E-state index contributed by atoms with van der Waals surface area (Å²) in [6.07, 6.45) is 1.00. The lowest BCUT2D eigenvalue weighted by atomic mass is 10.0. The van der Waals surface area contributed by atoms with Gasteiger partial charge in [0.15, 0.2) is 0 Å². The van der Waals surface area contributed by atoms with Gasteiger partial charge < -0.3 is 5.32 Å². The van der Waals surface area contributed by atoms with Gasteiger partial charge in [-0.1, -0.05) is 43.4 Å². The number of aromatic nitrogens is 2. The second kappa shape index (κ2) is 6.15. The molecule has 0 amide bonds. The highest BCUT2D eigenvalue weighted by molar-refractivity contribution is 7.15. The third-order valence-electron chi connectivity index (χ3n) is 3.20. The Balaban J connectivity index is 1.98. The Bertz CT molecular complexity index is 546. The van der Waals surface area contributed by atoms with Crippen molar-refractivity contribution in [1.29, 1.82) is 0 Å². The summed E-state index contributed by atoms with van der Waals surface area (Å²) in [5.74, 6) is 0.625. The molecular weight excluding hydrogens is 254 g/mol. The summed E-state index contributed by atoms with van der Waals surface area (Å²) >= 11 is 1.66. The molecule has 0 saturated heterocycles. The van der Waals surface area contributed by atoms with Crippen LogP contribution in [-0.4, -0.2) is 10.2 Å². The first-order chi connectivity index (χ1) is 9.06. The second-order valence-electron chi connectivity index (χ2n) is 5.31. The van der Waals surface area contributed by atoms with Crippen LogP contribution < -0.4 is 5.32 Å². The minimum absolute atomic E-state index is 0.625. The molecule has 1 aromatic carbocycles. The zero-order valence-electron chi connectivity index (χ0n) is 12.0. The molecule has 0 aliphatic heterocycles. The average molecular weight is 275 g/mol. The number of benzene rings is 1. The highest BCUT2D eigenvalue weighted by Crippen LogP contribution is 2.20. The van der Waals surface area contributed by atoms with Crippen LogP contribution in [0, 0.1) is 19.8 Å². The summed E-state index contributed by atoms with van der Waals surface area (Å²) in [5, 5.41) is 13.8. The number of nitrogens with zero attached hydrogens (tertiary/aromatic N) is 2. The van der Waals surface area contributed by atoms with Crippen molar-refractivity contribution in [3.63, 3.8) is 0 Å². The van der Waals surface area contributed by atoms with E-state index in [-0.39, 0.29) is 0 Å². The predicted octanol–water partition coefficient (Wildman–Crippen LogP) is 3.97. The fourth-order valence-corrected chi connectivity index (χ4v) is 2.88. The lowest BCUT2D eigenvalue weighted by Crippen LogP contribution is -2.01. The Labute approximate surface area is 119 Å². The van der Waals surface area contributed by atoms with Crippen molar-refractivity contribution in [2.75, 3.05) is 5.32 Å². The maximum absolute atomic E-state index is 4.21. The summed E-state index contributed by atoms with van der Waals surface area (Å²) < 4.78 is 0. The molecular formula is C15H21N3S. The Hall–Kier alpha value is -1.42. The van der Waals surface area contributed by atoms with Crippen molar-refractivity contribution >= 4 is 16.5 Å².